The van der Waals surface area contributed by atoms with Crippen LogP contribution in [0.3, 0.4) is 0 Å². The van der Waals surface area contributed by atoms with Crippen molar-refractivity contribution in [1.82, 2.24) is 5.32 Å². The van der Waals surface area contributed by atoms with Crippen LogP contribution in [0.15, 0.2) is 24.3 Å². The molecule has 1 aromatic rings. The summed E-state index contributed by atoms with van der Waals surface area (Å²) in [6.45, 7) is 6.94. The molecule has 108 valence electrons. The molecule has 0 aliphatic rings. The van der Waals surface area contributed by atoms with Crippen molar-refractivity contribution in [3.8, 4) is 0 Å². The van der Waals surface area contributed by atoms with E-state index in [4.69, 9.17) is 12.2 Å². The number of hydrogen-bond acceptors (Lipinski definition) is 3. The van der Waals surface area contributed by atoms with Crippen LogP contribution >= 0.6 is 12.2 Å². The quantitative estimate of drug-likeness (QED) is 0.733. The molecule has 1 aromatic carbocycles. The highest BCUT2D eigenvalue weighted by atomic mass is 32.1. The molecule has 0 saturated heterocycles. The number of benzene rings is 1. The number of thiocarbonyl (C=S) groups is 1. The van der Waals surface area contributed by atoms with Crippen LogP contribution < -0.4 is 16.0 Å². The standard InChI is InChI=1S/C14H19N3O2S/c1-9(18)15-13(20)17-11-7-5-10(6-8-11)16-12(19)14(2,3)4/h5-8H,1-4H3,(H,16,19)(H2,15,17,18,20). The second-order valence-electron chi connectivity index (χ2n) is 5.42. The fraction of sp³-hybridized carbons (Fsp3) is 0.357. The molecule has 0 spiro atoms. The maximum absolute atomic E-state index is 11.8. The number of nitrogens with one attached hydrogen (secondary N) is 3. The molecule has 0 unspecified atom stereocenters. The van der Waals surface area contributed by atoms with E-state index in [1.165, 1.54) is 6.92 Å². The molecule has 1 rings (SSSR count). The topological polar surface area (TPSA) is 70.2 Å². The molecule has 20 heavy (non-hydrogen) atoms. The van der Waals surface area contributed by atoms with Gasteiger partial charge < -0.3 is 16.0 Å². The van der Waals surface area contributed by atoms with E-state index in [1.807, 2.05) is 20.8 Å². The van der Waals surface area contributed by atoms with Gasteiger partial charge >= 0.3 is 0 Å². The molecule has 0 heterocycles. The smallest absolute Gasteiger partial charge is 0.229 e. The summed E-state index contributed by atoms with van der Waals surface area (Å²) in [7, 11) is 0. The summed E-state index contributed by atoms with van der Waals surface area (Å²) in [5.74, 6) is -0.275. The molecule has 0 radical (unpaired) electrons. The Bertz CT molecular complexity index is 518. The highest BCUT2D eigenvalue weighted by Gasteiger charge is 2.20. The molecule has 2 amide bonds. The summed E-state index contributed by atoms with van der Waals surface area (Å²) in [5, 5.41) is 8.41. The van der Waals surface area contributed by atoms with E-state index in [0.717, 1.165) is 5.69 Å². The zero-order valence-electron chi connectivity index (χ0n) is 12.0. The second-order valence-corrected chi connectivity index (χ2v) is 5.83. The monoisotopic (exact) mass is 293 g/mol. The molecular weight excluding hydrogens is 274 g/mol. The van der Waals surface area contributed by atoms with E-state index in [2.05, 4.69) is 16.0 Å². The minimum absolute atomic E-state index is 0.0491. The lowest BCUT2D eigenvalue weighted by molar-refractivity contribution is -0.123. The largest absolute Gasteiger partial charge is 0.332 e. The van der Waals surface area contributed by atoms with Crippen molar-refractivity contribution in [3.05, 3.63) is 24.3 Å². The van der Waals surface area contributed by atoms with Gasteiger partial charge in [0.1, 0.15) is 0 Å². The van der Waals surface area contributed by atoms with E-state index >= 15 is 0 Å². The Kier molecular flexibility index (Phi) is 5.21. The summed E-state index contributed by atoms with van der Waals surface area (Å²) in [6.07, 6.45) is 0. The third-order valence-corrected chi connectivity index (χ3v) is 2.58. The zero-order chi connectivity index (χ0) is 15.3. The third-order valence-electron chi connectivity index (χ3n) is 2.37. The molecule has 3 N–H and O–H groups in total. The lowest BCUT2D eigenvalue weighted by Gasteiger charge is -2.17. The summed E-state index contributed by atoms with van der Waals surface area (Å²) >= 11 is 4.95. The van der Waals surface area contributed by atoms with Gasteiger partial charge in [-0.1, -0.05) is 20.8 Å². The molecule has 5 nitrogen and oxygen atoms in total. The van der Waals surface area contributed by atoms with Crippen LogP contribution in [-0.2, 0) is 9.59 Å². The second kappa shape index (κ2) is 6.47. The van der Waals surface area contributed by atoms with Crippen molar-refractivity contribution in [2.24, 2.45) is 5.41 Å². The first-order valence-corrected chi connectivity index (χ1v) is 6.59. The van der Waals surface area contributed by atoms with E-state index in [0.29, 0.717) is 5.69 Å². The molecule has 0 atom stereocenters. The van der Waals surface area contributed by atoms with Gasteiger partial charge in [0, 0.05) is 23.7 Å². The van der Waals surface area contributed by atoms with Crippen LogP contribution in [0.4, 0.5) is 11.4 Å². The Hall–Kier alpha value is -1.95. The normalized spacial score (nSPS) is 10.6. The minimum Gasteiger partial charge on any atom is -0.332 e. The lowest BCUT2D eigenvalue weighted by atomic mass is 9.95. The van der Waals surface area contributed by atoms with Crippen LogP contribution in [0, 0.1) is 5.41 Å². The van der Waals surface area contributed by atoms with Gasteiger partial charge in [0.2, 0.25) is 11.8 Å². The molecule has 0 fully saturated rings. The Balaban J connectivity index is 2.63. The first-order valence-electron chi connectivity index (χ1n) is 6.18. The van der Waals surface area contributed by atoms with E-state index < -0.39 is 5.41 Å². The molecular formula is C14H19N3O2S. The number of hydrogen-bond donors (Lipinski definition) is 3. The lowest BCUT2D eigenvalue weighted by Crippen LogP contribution is -2.32. The van der Waals surface area contributed by atoms with Gasteiger partial charge in [-0.15, -0.1) is 0 Å². The Morgan fingerprint density at radius 2 is 1.45 bits per heavy atom. The predicted molar refractivity (Wildman–Crippen MR) is 84.6 cm³/mol. The van der Waals surface area contributed by atoms with Crippen LogP contribution in [-0.4, -0.2) is 16.9 Å². The minimum atomic E-state index is -0.441. The highest BCUT2D eigenvalue weighted by Crippen LogP contribution is 2.18. The summed E-state index contributed by atoms with van der Waals surface area (Å²) in [6, 6.07) is 7.07. The average Bonchev–Trinajstić information content (AvgIpc) is 2.29. The van der Waals surface area contributed by atoms with Gasteiger partial charge in [0.05, 0.1) is 0 Å². The first kappa shape index (κ1) is 16.1. The zero-order valence-corrected chi connectivity index (χ0v) is 12.9. The van der Waals surface area contributed by atoms with Crippen molar-refractivity contribution in [2.75, 3.05) is 10.6 Å². The molecule has 0 aliphatic carbocycles. The number of carbonyl (C=O) groups is 2. The molecule has 0 aromatic heterocycles. The first-order chi connectivity index (χ1) is 9.18. The van der Waals surface area contributed by atoms with E-state index in [9.17, 15) is 9.59 Å². The van der Waals surface area contributed by atoms with Crippen molar-refractivity contribution in [2.45, 2.75) is 27.7 Å². The number of anilines is 2. The van der Waals surface area contributed by atoms with Crippen molar-refractivity contribution >= 4 is 40.5 Å². The van der Waals surface area contributed by atoms with Crippen molar-refractivity contribution in [1.29, 1.82) is 0 Å². The van der Waals surface area contributed by atoms with Gasteiger partial charge in [-0.05, 0) is 36.5 Å². The van der Waals surface area contributed by atoms with Gasteiger partial charge in [-0.2, -0.15) is 0 Å². The Labute approximate surface area is 124 Å². The fourth-order valence-electron chi connectivity index (χ4n) is 1.28. The molecule has 6 heteroatoms. The Morgan fingerprint density at radius 1 is 1.00 bits per heavy atom. The van der Waals surface area contributed by atoms with Crippen LogP contribution in [0.25, 0.3) is 0 Å². The van der Waals surface area contributed by atoms with Gasteiger partial charge in [-0.3, -0.25) is 9.59 Å². The van der Waals surface area contributed by atoms with Crippen LogP contribution in [0.2, 0.25) is 0 Å². The number of carbonyl (C=O) groups excluding carboxylic acids is 2. The fourth-order valence-corrected chi connectivity index (χ4v) is 1.54. The van der Waals surface area contributed by atoms with Crippen LogP contribution in [0.1, 0.15) is 27.7 Å². The Morgan fingerprint density at radius 3 is 1.85 bits per heavy atom. The maximum atomic E-state index is 11.8. The number of rotatable bonds is 2. The number of amides is 2. The van der Waals surface area contributed by atoms with Gasteiger partial charge in [-0.25, -0.2) is 0 Å². The maximum Gasteiger partial charge on any atom is 0.229 e. The predicted octanol–water partition coefficient (Wildman–Crippen LogP) is 2.50. The van der Waals surface area contributed by atoms with E-state index in [1.54, 1.807) is 24.3 Å². The molecule has 0 saturated carbocycles. The molecule has 0 bridgehead atoms. The average molecular weight is 293 g/mol. The highest BCUT2D eigenvalue weighted by molar-refractivity contribution is 7.80. The van der Waals surface area contributed by atoms with Crippen molar-refractivity contribution < 1.29 is 9.59 Å². The van der Waals surface area contributed by atoms with Gasteiger partial charge in [0.15, 0.2) is 5.11 Å². The van der Waals surface area contributed by atoms with Gasteiger partial charge in [0.25, 0.3) is 0 Å². The summed E-state index contributed by atoms with van der Waals surface area (Å²) in [5.41, 5.74) is 1.00. The third kappa shape index (κ3) is 5.36. The summed E-state index contributed by atoms with van der Waals surface area (Å²) < 4.78 is 0. The molecule has 0 aliphatic heterocycles. The summed E-state index contributed by atoms with van der Waals surface area (Å²) in [4.78, 5) is 22.7. The van der Waals surface area contributed by atoms with Crippen LogP contribution in [0.5, 0.6) is 0 Å². The van der Waals surface area contributed by atoms with E-state index in [-0.39, 0.29) is 16.9 Å². The van der Waals surface area contributed by atoms with Crippen molar-refractivity contribution in [3.63, 3.8) is 0 Å². The SMILES string of the molecule is CC(=O)NC(=S)Nc1ccc(NC(=O)C(C)(C)C)cc1.